The van der Waals surface area contributed by atoms with Crippen LogP contribution < -0.4 is 14.8 Å². The zero-order valence-corrected chi connectivity index (χ0v) is 15.1. The number of benzene rings is 3. The monoisotopic (exact) mass is 361 g/mol. The topological polar surface area (TPSA) is 64.6 Å². The Balaban J connectivity index is 1.80. The Hall–Kier alpha value is -3.60. The zero-order chi connectivity index (χ0) is 19.2. The van der Waals surface area contributed by atoms with E-state index in [9.17, 15) is 9.59 Å². The van der Waals surface area contributed by atoms with Gasteiger partial charge in [-0.2, -0.15) is 0 Å². The van der Waals surface area contributed by atoms with Gasteiger partial charge in [-0.15, -0.1) is 0 Å². The minimum Gasteiger partial charge on any atom is -0.495 e. The molecule has 0 aliphatic rings. The van der Waals surface area contributed by atoms with Crippen LogP contribution in [0.4, 0.5) is 5.69 Å². The number of ether oxygens (including phenoxy) is 2. The van der Waals surface area contributed by atoms with E-state index in [-0.39, 0.29) is 11.9 Å². The van der Waals surface area contributed by atoms with Gasteiger partial charge in [-0.25, -0.2) is 0 Å². The zero-order valence-electron chi connectivity index (χ0n) is 15.1. The summed E-state index contributed by atoms with van der Waals surface area (Å²) >= 11 is 0. The molecule has 1 N–H and O–H groups in total. The second-order valence-corrected chi connectivity index (χ2v) is 5.85. The number of nitrogens with one attached hydrogen (secondary N) is 1. The Labute approximate surface area is 157 Å². The summed E-state index contributed by atoms with van der Waals surface area (Å²) in [7, 11) is 1.56. The Morgan fingerprint density at radius 2 is 1.59 bits per heavy atom. The first-order valence-corrected chi connectivity index (χ1v) is 8.40. The number of anilines is 1. The van der Waals surface area contributed by atoms with E-state index in [1.807, 2.05) is 42.5 Å². The van der Waals surface area contributed by atoms with Crippen molar-refractivity contribution in [3.05, 3.63) is 78.4 Å². The van der Waals surface area contributed by atoms with Crippen LogP contribution in [-0.4, -0.2) is 19.0 Å². The van der Waals surface area contributed by atoms with Gasteiger partial charge < -0.3 is 14.8 Å². The van der Waals surface area contributed by atoms with Crippen LogP contribution in [0.2, 0.25) is 0 Å². The van der Waals surface area contributed by atoms with E-state index < -0.39 is 0 Å². The van der Waals surface area contributed by atoms with Crippen molar-refractivity contribution in [1.82, 2.24) is 0 Å². The fraction of sp³-hybridized carbons (Fsp3) is 0.0909. The summed E-state index contributed by atoms with van der Waals surface area (Å²) in [5, 5.41) is 2.87. The van der Waals surface area contributed by atoms with E-state index in [2.05, 4.69) is 5.32 Å². The maximum Gasteiger partial charge on any atom is 0.308 e. The molecule has 0 bridgehead atoms. The van der Waals surface area contributed by atoms with Crippen LogP contribution in [-0.2, 0) is 4.79 Å². The van der Waals surface area contributed by atoms with Crippen LogP contribution in [0, 0.1) is 0 Å². The second kappa shape index (κ2) is 8.19. The molecule has 5 nitrogen and oxygen atoms in total. The number of rotatable bonds is 5. The molecular formula is C22H19NO4. The minimum atomic E-state index is -0.363. The Morgan fingerprint density at radius 1 is 0.852 bits per heavy atom. The summed E-state index contributed by atoms with van der Waals surface area (Å²) in [5.74, 6) is 0.495. The first-order valence-electron chi connectivity index (χ1n) is 8.40. The highest BCUT2D eigenvalue weighted by Crippen LogP contribution is 2.26. The van der Waals surface area contributed by atoms with Gasteiger partial charge in [-0.05, 0) is 47.5 Å². The number of amides is 1. The van der Waals surface area contributed by atoms with Crippen molar-refractivity contribution in [2.45, 2.75) is 6.92 Å². The number of carbonyl (C=O) groups excluding carboxylic acids is 2. The molecule has 1 amide bonds. The van der Waals surface area contributed by atoms with Crippen LogP contribution in [0.5, 0.6) is 11.5 Å². The van der Waals surface area contributed by atoms with Gasteiger partial charge in [0, 0.05) is 12.5 Å². The van der Waals surface area contributed by atoms with Gasteiger partial charge in [0.1, 0.15) is 11.5 Å². The van der Waals surface area contributed by atoms with Crippen molar-refractivity contribution < 1.29 is 19.1 Å². The predicted octanol–water partition coefficient (Wildman–Crippen LogP) is 4.54. The van der Waals surface area contributed by atoms with Crippen molar-refractivity contribution in [3.63, 3.8) is 0 Å². The predicted molar refractivity (Wildman–Crippen MR) is 104 cm³/mol. The molecule has 0 aromatic heterocycles. The van der Waals surface area contributed by atoms with Gasteiger partial charge in [-0.1, -0.05) is 36.4 Å². The smallest absolute Gasteiger partial charge is 0.308 e. The molecule has 0 aliphatic carbocycles. The van der Waals surface area contributed by atoms with Crippen LogP contribution in [0.1, 0.15) is 17.3 Å². The average Bonchev–Trinajstić information content (AvgIpc) is 2.68. The van der Waals surface area contributed by atoms with Crippen LogP contribution >= 0.6 is 0 Å². The maximum atomic E-state index is 12.6. The molecular weight excluding hydrogens is 342 g/mol. The summed E-state index contributed by atoms with van der Waals surface area (Å²) in [4.78, 5) is 23.6. The number of methoxy groups -OCH3 is 1. The normalized spacial score (nSPS) is 10.1. The molecule has 0 fully saturated rings. The molecule has 0 saturated heterocycles. The third-order valence-electron chi connectivity index (χ3n) is 3.93. The lowest BCUT2D eigenvalue weighted by Crippen LogP contribution is -2.12. The van der Waals surface area contributed by atoms with Crippen LogP contribution in [0.15, 0.2) is 72.8 Å². The van der Waals surface area contributed by atoms with Gasteiger partial charge in [-0.3, -0.25) is 9.59 Å². The quantitative estimate of drug-likeness (QED) is 0.535. The van der Waals surface area contributed by atoms with E-state index in [1.54, 1.807) is 37.4 Å². The molecule has 0 heterocycles. The number of carbonyl (C=O) groups is 2. The van der Waals surface area contributed by atoms with Gasteiger partial charge in [0.05, 0.1) is 12.8 Å². The lowest BCUT2D eigenvalue weighted by molar-refractivity contribution is -0.131. The van der Waals surface area contributed by atoms with Crippen molar-refractivity contribution in [2.75, 3.05) is 12.4 Å². The SMILES string of the molecule is COc1ccccc1NC(=O)c1cccc(-c2ccc(OC(C)=O)cc2)c1. The molecule has 3 rings (SSSR count). The van der Waals surface area contributed by atoms with E-state index in [0.29, 0.717) is 22.7 Å². The van der Waals surface area contributed by atoms with Crippen LogP contribution in [0.3, 0.4) is 0 Å². The first kappa shape index (κ1) is 18.2. The highest BCUT2D eigenvalue weighted by atomic mass is 16.5. The minimum absolute atomic E-state index is 0.224. The van der Waals surface area contributed by atoms with E-state index >= 15 is 0 Å². The second-order valence-electron chi connectivity index (χ2n) is 5.85. The summed E-state index contributed by atoms with van der Waals surface area (Å²) in [6.07, 6.45) is 0. The summed E-state index contributed by atoms with van der Waals surface area (Å²) < 4.78 is 10.3. The van der Waals surface area contributed by atoms with E-state index in [4.69, 9.17) is 9.47 Å². The van der Waals surface area contributed by atoms with Crippen LogP contribution in [0.25, 0.3) is 11.1 Å². The van der Waals surface area contributed by atoms with E-state index in [1.165, 1.54) is 6.92 Å². The summed E-state index contributed by atoms with van der Waals surface area (Å²) in [6, 6.07) is 21.7. The lowest BCUT2D eigenvalue weighted by atomic mass is 10.0. The molecule has 0 radical (unpaired) electrons. The number of para-hydroxylation sites is 2. The number of hydrogen-bond donors (Lipinski definition) is 1. The molecule has 0 saturated carbocycles. The van der Waals surface area contributed by atoms with Gasteiger partial charge in [0.15, 0.2) is 0 Å². The lowest BCUT2D eigenvalue weighted by Gasteiger charge is -2.11. The van der Waals surface area contributed by atoms with Gasteiger partial charge in [0.25, 0.3) is 5.91 Å². The Morgan fingerprint density at radius 3 is 2.30 bits per heavy atom. The molecule has 3 aromatic carbocycles. The Kier molecular flexibility index (Phi) is 5.52. The van der Waals surface area contributed by atoms with Crippen molar-refractivity contribution >= 4 is 17.6 Å². The van der Waals surface area contributed by atoms with E-state index in [0.717, 1.165) is 11.1 Å². The highest BCUT2D eigenvalue weighted by Gasteiger charge is 2.10. The van der Waals surface area contributed by atoms with Crippen molar-refractivity contribution in [1.29, 1.82) is 0 Å². The summed E-state index contributed by atoms with van der Waals surface area (Å²) in [6.45, 7) is 1.36. The number of hydrogen-bond acceptors (Lipinski definition) is 4. The molecule has 0 aliphatic heterocycles. The molecule has 0 spiro atoms. The molecule has 3 aromatic rings. The fourth-order valence-electron chi connectivity index (χ4n) is 2.66. The number of esters is 1. The van der Waals surface area contributed by atoms with Gasteiger partial charge in [0.2, 0.25) is 0 Å². The van der Waals surface area contributed by atoms with Crippen molar-refractivity contribution in [3.8, 4) is 22.6 Å². The largest absolute Gasteiger partial charge is 0.495 e. The van der Waals surface area contributed by atoms with Gasteiger partial charge >= 0.3 is 5.97 Å². The standard InChI is InChI=1S/C22H19NO4/c1-15(24)27-19-12-10-16(11-13-19)17-6-5-7-18(14-17)22(25)23-20-8-3-4-9-21(20)26-2/h3-14H,1-2H3,(H,23,25). The summed E-state index contributed by atoms with van der Waals surface area (Å²) in [5.41, 5.74) is 2.94. The first-order chi connectivity index (χ1) is 13.1. The molecule has 27 heavy (non-hydrogen) atoms. The third kappa shape index (κ3) is 4.52. The fourth-order valence-corrected chi connectivity index (χ4v) is 2.66. The van der Waals surface area contributed by atoms with Crippen molar-refractivity contribution in [2.24, 2.45) is 0 Å². The molecule has 0 unspecified atom stereocenters. The molecule has 5 heteroatoms. The Bertz CT molecular complexity index is 964. The maximum absolute atomic E-state index is 12.6. The third-order valence-corrected chi connectivity index (χ3v) is 3.93. The molecule has 0 atom stereocenters. The highest BCUT2D eigenvalue weighted by molar-refractivity contribution is 6.05. The average molecular weight is 361 g/mol. The molecule has 136 valence electrons.